The number of sulfonamides is 1. The summed E-state index contributed by atoms with van der Waals surface area (Å²) in [5.74, 6) is -0.973. The van der Waals surface area contributed by atoms with Crippen LogP contribution in [-0.2, 0) is 14.8 Å². The lowest BCUT2D eigenvalue weighted by Crippen LogP contribution is -2.32. The van der Waals surface area contributed by atoms with Crippen LogP contribution in [0.15, 0.2) is 30.3 Å². The maximum Gasteiger partial charge on any atom is 0.241 e. The number of amides is 1. The van der Waals surface area contributed by atoms with Crippen LogP contribution in [0.5, 0.6) is 0 Å². The summed E-state index contributed by atoms with van der Waals surface area (Å²) >= 11 is 0. The summed E-state index contributed by atoms with van der Waals surface area (Å²) in [5, 5.41) is 3.42. The second kappa shape index (κ2) is 5.11. The number of carbonyl (C=O) groups is 1. The first-order valence-corrected chi connectivity index (χ1v) is 5.40. The number of primary amides is 1. The lowest BCUT2D eigenvalue weighted by molar-refractivity contribution is -0.117. The molecule has 4 N–H and O–H groups in total. The van der Waals surface area contributed by atoms with Crippen molar-refractivity contribution in [2.45, 2.75) is 5.25 Å². The van der Waals surface area contributed by atoms with Gasteiger partial charge in [-0.25, -0.2) is 13.6 Å². The highest BCUT2D eigenvalue weighted by Gasteiger charge is 2.28. The molecule has 0 aliphatic carbocycles. The SMILES string of the molecule is Cl.NC(=O)C(c1ccccc1)S(N)(=O)=O. The van der Waals surface area contributed by atoms with Gasteiger partial charge in [0.1, 0.15) is 0 Å². The quantitative estimate of drug-likeness (QED) is 0.784. The van der Waals surface area contributed by atoms with Gasteiger partial charge in [-0.3, -0.25) is 4.79 Å². The van der Waals surface area contributed by atoms with Crippen LogP contribution in [0.3, 0.4) is 0 Å². The number of primary sulfonamides is 1. The van der Waals surface area contributed by atoms with Crippen LogP contribution in [0, 0.1) is 0 Å². The zero-order valence-electron chi connectivity index (χ0n) is 7.66. The topological polar surface area (TPSA) is 103 Å². The van der Waals surface area contributed by atoms with Gasteiger partial charge < -0.3 is 5.73 Å². The average molecular weight is 251 g/mol. The van der Waals surface area contributed by atoms with Crippen LogP contribution in [0.25, 0.3) is 0 Å². The maximum atomic E-state index is 11.1. The first-order chi connectivity index (χ1) is 6.43. The molecule has 0 spiro atoms. The molecule has 84 valence electrons. The van der Waals surface area contributed by atoms with Crippen molar-refractivity contribution in [1.29, 1.82) is 0 Å². The van der Waals surface area contributed by atoms with Gasteiger partial charge in [-0.05, 0) is 5.56 Å². The van der Waals surface area contributed by atoms with Crippen molar-refractivity contribution in [2.24, 2.45) is 10.9 Å². The van der Waals surface area contributed by atoms with E-state index in [0.717, 1.165) is 0 Å². The van der Waals surface area contributed by atoms with Crippen LogP contribution < -0.4 is 10.9 Å². The van der Waals surface area contributed by atoms with Gasteiger partial charge in [0.05, 0.1) is 0 Å². The summed E-state index contributed by atoms with van der Waals surface area (Å²) in [6, 6.07) is 7.89. The molecule has 0 bridgehead atoms. The highest BCUT2D eigenvalue weighted by Crippen LogP contribution is 2.18. The molecular weight excluding hydrogens is 240 g/mol. The zero-order valence-corrected chi connectivity index (χ0v) is 9.29. The van der Waals surface area contributed by atoms with Gasteiger partial charge in [0, 0.05) is 0 Å². The second-order valence-electron chi connectivity index (χ2n) is 2.78. The second-order valence-corrected chi connectivity index (χ2v) is 4.43. The van der Waals surface area contributed by atoms with Crippen LogP contribution >= 0.6 is 12.4 Å². The molecule has 0 saturated heterocycles. The van der Waals surface area contributed by atoms with E-state index in [2.05, 4.69) is 0 Å². The van der Waals surface area contributed by atoms with Crippen LogP contribution in [0.2, 0.25) is 0 Å². The van der Waals surface area contributed by atoms with Crippen LogP contribution in [-0.4, -0.2) is 14.3 Å². The summed E-state index contributed by atoms with van der Waals surface area (Å²) in [4.78, 5) is 10.9. The monoisotopic (exact) mass is 250 g/mol. The van der Waals surface area contributed by atoms with Gasteiger partial charge in [-0.15, -0.1) is 12.4 Å². The molecule has 0 saturated carbocycles. The lowest BCUT2D eigenvalue weighted by atomic mass is 10.1. The van der Waals surface area contributed by atoms with Gasteiger partial charge in [0.25, 0.3) is 0 Å². The number of hydrogen-bond donors (Lipinski definition) is 2. The van der Waals surface area contributed by atoms with Gasteiger partial charge in [-0.2, -0.15) is 0 Å². The third-order valence-electron chi connectivity index (χ3n) is 1.69. The summed E-state index contributed by atoms with van der Waals surface area (Å²) in [6.07, 6.45) is 0. The molecule has 1 aromatic rings. The van der Waals surface area contributed by atoms with Crippen LogP contribution in [0.1, 0.15) is 10.8 Å². The predicted molar refractivity (Wildman–Crippen MR) is 58.7 cm³/mol. The Morgan fingerprint density at radius 3 is 2.00 bits per heavy atom. The minimum absolute atomic E-state index is 0. The van der Waals surface area contributed by atoms with Crippen molar-refractivity contribution in [1.82, 2.24) is 0 Å². The van der Waals surface area contributed by atoms with Gasteiger partial charge >= 0.3 is 0 Å². The fourth-order valence-electron chi connectivity index (χ4n) is 1.14. The molecule has 0 aliphatic heterocycles. The molecule has 0 aromatic heterocycles. The normalized spacial score (nSPS) is 12.6. The van der Waals surface area contributed by atoms with Crippen LogP contribution in [0.4, 0.5) is 0 Å². The number of nitrogens with two attached hydrogens (primary N) is 2. The third-order valence-corrected chi connectivity index (χ3v) is 2.85. The minimum atomic E-state index is -3.99. The van der Waals surface area contributed by atoms with E-state index in [-0.39, 0.29) is 18.0 Å². The Kier molecular flexibility index (Phi) is 4.73. The standard InChI is InChI=1S/C8H10N2O3S.ClH/c9-8(11)7(14(10,12)13)6-4-2-1-3-5-6;/h1-5,7H,(H2,9,11)(H2,10,12,13);1H. The van der Waals surface area contributed by atoms with E-state index in [4.69, 9.17) is 10.9 Å². The summed E-state index contributed by atoms with van der Waals surface area (Å²) < 4.78 is 22.1. The highest BCUT2D eigenvalue weighted by atomic mass is 35.5. The van der Waals surface area contributed by atoms with E-state index in [1.165, 1.54) is 12.1 Å². The molecule has 1 aromatic carbocycles. The van der Waals surface area contributed by atoms with E-state index in [1.54, 1.807) is 18.2 Å². The number of carbonyl (C=O) groups excluding carboxylic acids is 1. The number of halogens is 1. The Balaban J connectivity index is 0.00000196. The van der Waals surface area contributed by atoms with Gasteiger partial charge in [0.15, 0.2) is 5.25 Å². The number of hydrogen-bond acceptors (Lipinski definition) is 3. The third kappa shape index (κ3) is 3.50. The molecule has 0 heterocycles. The summed E-state index contributed by atoms with van der Waals surface area (Å²) in [7, 11) is -3.99. The van der Waals surface area contributed by atoms with Gasteiger partial charge in [-0.1, -0.05) is 30.3 Å². The minimum Gasteiger partial charge on any atom is -0.368 e. The van der Waals surface area contributed by atoms with E-state index in [0.29, 0.717) is 0 Å². The molecule has 0 radical (unpaired) electrons. The van der Waals surface area contributed by atoms with E-state index >= 15 is 0 Å². The molecule has 1 unspecified atom stereocenters. The smallest absolute Gasteiger partial charge is 0.241 e. The molecule has 0 aliphatic rings. The van der Waals surface area contributed by atoms with Crippen molar-refractivity contribution in [3.8, 4) is 0 Å². The zero-order chi connectivity index (χ0) is 10.8. The molecule has 1 amide bonds. The van der Waals surface area contributed by atoms with Crippen molar-refractivity contribution < 1.29 is 13.2 Å². The first-order valence-electron chi connectivity index (χ1n) is 3.79. The Hall–Kier alpha value is -1.11. The highest BCUT2D eigenvalue weighted by molar-refractivity contribution is 7.90. The van der Waals surface area contributed by atoms with E-state index in [9.17, 15) is 13.2 Å². The predicted octanol–water partition coefficient (Wildman–Crippen LogP) is -0.0767. The molecule has 1 atom stereocenters. The molecule has 5 nitrogen and oxygen atoms in total. The van der Waals surface area contributed by atoms with Crippen molar-refractivity contribution >= 4 is 28.3 Å². The Morgan fingerprint density at radius 2 is 1.67 bits per heavy atom. The van der Waals surface area contributed by atoms with E-state index in [1.807, 2.05) is 0 Å². The molecule has 7 heteroatoms. The Bertz CT molecular complexity index is 432. The largest absolute Gasteiger partial charge is 0.368 e. The van der Waals surface area contributed by atoms with E-state index < -0.39 is 21.2 Å². The van der Waals surface area contributed by atoms with Crippen molar-refractivity contribution in [2.75, 3.05) is 0 Å². The number of benzene rings is 1. The van der Waals surface area contributed by atoms with Gasteiger partial charge in [0.2, 0.25) is 15.9 Å². The summed E-state index contributed by atoms with van der Waals surface area (Å²) in [5.41, 5.74) is 5.24. The van der Waals surface area contributed by atoms with Crippen molar-refractivity contribution in [3.63, 3.8) is 0 Å². The molecular formula is C8H11ClN2O3S. The first kappa shape index (κ1) is 13.9. The summed E-state index contributed by atoms with van der Waals surface area (Å²) in [6.45, 7) is 0. The fourth-order valence-corrected chi connectivity index (χ4v) is 2.00. The molecule has 15 heavy (non-hydrogen) atoms. The Morgan fingerprint density at radius 1 is 1.20 bits per heavy atom. The molecule has 1 rings (SSSR count). The fraction of sp³-hybridized carbons (Fsp3) is 0.125. The Labute approximate surface area is 93.9 Å². The average Bonchev–Trinajstić information content (AvgIpc) is 2.02. The maximum absolute atomic E-state index is 11.1. The molecule has 0 fully saturated rings. The van der Waals surface area contributed by atoms with Crippen molar-refractivity contribution in [3.05, 3.63) is 35.9 Å². The lowest BCUT2D eigenvalue weighted by Gasteiger charge is -2.10. The number of rotatable bonds is 3.